The van der Waals surface area contributed by atoms with Crippen molar-refractivity contribution in [3.05, 3.63) is 51.5 Å². The Bertz CT molecular complexity index is 568. The van der Waals surface area contributed by atoms with E-state index < -0.39 is 0 Å². The molecule has 0 saturated heterocycles. The number of aliphatic hydroxyl groups is 1. The van der Waals surface area contributed by atoms with E-state index in [2.05, 4.69) is 50.2 Å². The van der Waals surface area contributed by atoms with Crippen LogP contribution in [-0.2, 0) is 18.3 Å². The minimum absolute atomic E-state index is 0.0791. The quantitative estimate of drug-likeness (QED) is 0.926. The lowest BCUT2D eigenvalue weighted by Crippen LogP contribution is -2.16. The van der Waals surface area contributed by atoms with Crippen molar-refractivity contribution in [1.82, 2.24) is 4.98 Å². The van der Waals surface area contributed by atoms with Crippen molar-refractivity contribution in [2.75, 3.05) is 0 Å². The van der Waals surface area contributed by atoms with Crippen LogP contribution in [0.5, 0.6) is 0 Å². The number of hydrogen-bond donors (Lipinski definition) is 1. The first kappa shape index (κ1) is 15.2. The maximum Gasteiger partial charge on any atom is 0.0954 e. The molecule has 1 heterocycles. The molecule has 0 aliphatic heterocycles. The van der Waals surface area contributed by atoms with Gasteiger partial charge < -0.3 is 5.11 Å². The molecule has 1 aromatic carbocycles. The summed E-state index contributed by atoms with van der Waals surface area (Å²) >= 11 is 1.65. The molecule has 0 bridgehead atoms. The normalized spacial score (nSPS) is 13.4. The molecule has 3 heteroatoms. The monoisotopic (exact) mass is 289 g/mol. The van der Waals surface area contributed by atoms with Crippen molar-refractivity contribution in [3.8, 4) is 0 Å². The van der Waals surface area contributed by atoms with Gasteiger partial charge in [-0.3, -0.25) is 0 Å². The van der Waals surface area contributed by atoms with Crippen molar-refractivity contribution in [1.29, 1.82) is 0 Å². The topological polar surface area (TPSA) is 33.1 Å². The molecule has 0 fully saturated rings. The van der Waals surface area contributed by atoms with Crippen LogP contribution in [0, 0.1) is 6.92 Å². The molecular weight excluding hydrogens is 266 g/mol. The highest BCUT2D eigenvalue weighted by molar-refractivity contribution is 7.09. The summed E-state index contributed by atoms with van der Waals surface area (Å²) in [6, 6.07) is 8.22. The molecule has 0 aliphatic carbocycles. The fourth-order valence-electron chi connectivity index (χ4n) is 2.12. The first-order valence-electron chi connectivity index (χ1n) is 7.03. The van der Waals surface area contributed by atoms with Crippen molar-refractivity contribution in [2.24, 2.45) is 0 Å². The third-order valence-electron chi connectivity index (χ3n) is 3.45. The van der Waals surface area contributed by atoms with Gasteiger partial charge in [-0.2, -0.15) is 0 Å². The van der Waals surface area contributed by atoms with Crippen LogP contribution in [0.3, 0.4) is 0 Å². The second kappa shape index (κ2) is 6.06. The van der Waals surface area contributed by atoms with Gasteiger partial charge in [0.15, 0.2) is 0 Å². The lowest BCUT2D eigenvalue weighted by atomic mass is 9.93. The molecule has 1 aromatic heterocycles. The lowest BCUT2D eigenvalue weighted by Gasteiger charge is -2.14. The van der Waals surface area contributed by atoms with E-state index in [9.17, 15) is 5.11 Å². The van der Waals surface area contributed by atoms with Gasteiger partial charge in [0.25, 0.3) is 0 Å². The molecule has 0 spiro atoms. The first-order valence-corrected chi connectivity index (χ1v) is 7.91. The van der Waals surface area contributed by atoms with Crippen molar-refractivity contribution < 1.29 is 5.11 Å². The van der Waals surface area contributed by atoms with Crippen LogP contribution in [-0.4, -0.2) is 16.2 Å². The minimum Gasteiger partial charge on any atom is -0.392 e. The third kappa shape index (κ3) is 3.90. The fourth-order valence-corrected chi connectivity index (χ4v) is 3.21. The van der Waals surface area contributed by atoms with E-state index in [1.807, 2.05) is 12.1 Å². The zero-order valence-electron chi connectivity index (χ0n) is 12.7. The number of thiazole rings is 1. The summed E-state index contributed by atoms with van der Waals surface area (Å²) in [5.74, 6) is 0. The van der Waals surface area contributed by atoms with E-state index in [0.29, 0.717) is 12.8 Å². The molecule has 0 aliphatic rings. The van der Waals surface area contributed by atoms with Crippen LogP contribution in [0.4, 0.5) is 0 Å². The molecule has 1 atom stereocenters. The Morgan fingerprint density at radius 3 is 2.50 bits per heavy atom. The molecule has 2 aromatic rings. The second-order valence-corrected chi connectivity index (χ2v) is 7.31. The maximum absolute atomic E-state index is 10.3. The van der Waals surface area contributed by atoms with Gasteiger partial charge >= 0.3 is 0 Å². The number of aryl methyl sites for hydroxylation is 1. The summed E-state index contributed by atoms with van der Waals surface area (Å²) in [4.78, 5) is 4.64. The van der Waals surface area contributed by atoms with Gasteiger partial charge in [-0.05, 0) is 24.5 Å². The SMILES string of the molecule is Cc1ccccc1CC(O)Cc1nc(C(C)(C)C)cs1. The van der Waals surface area contributed by atoms with Crippen LogP contribution in [0.15, 0.2) is 29.6 Å². The standard InChI is InChI=1S/C17H23NOS/c1-12-7-5-6-8-13(12)9-14(19)10-16-18-15(11-20-16)17(2,3)4/h5-8,11,14,19H,9-10H2,1-4H3. The van der Waals surface area contributed by atoms with Gasteiger partial charge in [0.2, 0.25) is 0 Å². The molecule has 0 saturated carbocycles. The Hall–Kier alpha value is -1.19. The van der Waals surface area contributed by atoms with Crippen LogP contribution < -0.4 is 0 Å². The van der Waals surface area contributed by atoms with Crippen molar-refractivity contribution in [2.45, 2.75) is 52.1 Å². The van der Waals surface area contributed by atoms with Gasteiger partial charge in [-0.1, -0.05) is 45.0 Å². The van der Waals surface area contributed by atoms with E-state index in [1.54, 1.807) is 11.3 Å². The van der Waals surface area contributed by atoms with E-state index in [1.165, 1.54) is 11.1 Å². The largest absolute Gasteiger partial charge is 0.392 e. The predicted molar refractivity (Wildman–Crippen MR) is 85.4 cm³/mol. The van der Waals surface area contributed by atoms with E-state index >= 15 is 0 Å². The second-order valence-electron chi connectivity index (χ2n) is 6.37. The molecule has 108 valence electrons. The summed E-state index contributed by atoms with van der Waals surface area (Å²) in [6.45, 7) is 8.57. The van der Waals surface area contributed by atoms with Crippen LogP contribution in [0.1, 0.15) is 42.6 Å². The third-order valence-corrected chi connectivity index (χ3v) is 4.32. The Kier molecular flexibility index (Phi) is 4.61. The zero-order chi connectivity index (χ0) is 14.8. The highest BCUT2D eigenvalue weighted by Crippen LogP contribution is 2.24. The Balaban J connectivity index is 2.00. The van der Waals surface area contributed by atoms with Gasteiger partial charge in [0.1, 0.15) is 0 Å². The summed E-state index contributed by atoms with van der Waals surface area (Å²) in [5.41, 5.74) is 3.64. The minimum atomic E-state index is -0.366. The molecule has 0 amide bonds. The highest BCUT2D eigenvalue weighted by Gasteiger charge is 2.18. The van der Waals surface area contributed by atoms with Crippen molar-refractivity contribution >= 4 is 11.3 Å². The van der Waals surface area contributed by atoms with Crippen LogP contribution in [0.25, 0.3) is 0 Å². The molecule has 1 unspecified atom stereocenters. The number of nitrogens with zero attached hydrogens (tertiary/aromatic N) is 1. The average Bonchev–Trinajstić information content (AvgIpc) is 2.80. The highest BCUT2D eigenvalue weighted by atomic mass is 32.1. The average molecular weight is 289 g/mol. The zero-order valence-corrected chi connectivity index (χ0v) is 13.5. The summed E-state index contributed by atoms with van der Waals surface area (Å²) in [6.07, 6.45) is 0.960. The summed E-state index contributed by atoms with van der Waals surface area (Å²) < 4.78 is 0. The summed E-state index contributed by atoms with van der Waals surface area (Å²) in [5, 5.41) is 13.4. The number of rotatable bonds is 4. The first-order chi connectivity index (χ1) is 9.36. The molecule has 2 rings (SSSR count). The number of aromatic nitrogens is 1. The number of aliphatic hydroxyl groups excluding tert-OH is 1. The lowest BCUT2D eigenvalue weighted by molar-refractivity contribution is 0.175. The smallest absolute Gasteiger partial charge is 0.0954 e. The molecule has 20 heavy (non-hydrogen) atoms. The van der Waals surface area contributed by atoms with Crippen LogP contribution >= 0.6 is 11.3 Å². The van der Waals surface area contributed by atoms with E-state index in [-0.39, 0.29) is 11.5 Å². The van der Waals surface area contributed by atoms with E-state index in [0.717, 1.165) is 10.7 Å². The van der Waals surface area contributed by atoms with Gasteiger partial charge in [0, 0.05) is 17.2 Å². The van der Waals surface area contributed by atoms with Crippen LogP contribution in [0.2, 0.25) is 0 Å². The Morgan fingerprint density at radius 1 is 1.20 bits per heavy atom. The number of benzene rings is 1. The van der Waals surface area contributed by atoms with E-state index in [4.69, 9.17) is 0 Å². The molecule has 1 N–H and O–H groups in total. The molecule has 0 radical (unpaired) electrons. The number of hydrogen-bond acceptors (Lipinski definition) is 3. The Morgan fingerprint density at radius 2 is 1.90 bits per heavy atom. The van der Waals surface area contributed by atoms with Gasteiger partial charge in [-0.15, -0.1) is 11.3 Å². The summed E-state index contributed by atoms with van der Waals surface area (Å²) in [7, 11) is 0. The van der Waals surface area contributed by atoms with Crippen molar-refractivity contribution in [3.63, 3.8) is 0 Å². The maximum atomic E-state index is 10.3. The molecule has 2 nitrogen and oxygen atoms in total. The molecular formula is C17H23NOS. The predicted octanol–water partition coefficient (Wildman–Crippen LogP) is 3.90. The van der Waals surface area contributed by atoms with Gasteiger partial charge in [-0.25, -0.2) is 4.98 Å². The Labute approximate surface area is 125 Å². The fraction of sp³-hybridized carbons (Fsp3) is 0.471. The van der Waals surface area contributed by atoms with Gasteiger partial charge in [0.05, 0.1) is 16.8 Å².